The first-order chi connectivity index (χ1) is 12.7. The van der Waals surface area contributed by atoms with Crippen LogP contribution in [0.3, 0.4) is 0 Å². The van der Waals surface area contributed by atoms with Crippen LogP contribution in [0.5, 0.6) is 5.75 Å². The van der Waals surface area contributed by atoms with E-state index in [2.05, 4.69) is 39.9 Å². The molecular weight excluding hydrogens is 344 g/mol. The van der Waals surface area contributed by atoms with Crippen LogP contribution in [0.1, 0.15) is 36.6 Å². The predicted molar refractivity (Wildman–Crippen MR) is 107 cm³/mol. The average molecular weight is 373 g/mol. The van der Waals surface area contributed by atoms with Crippen molar-refractivity contribution in [2.24, 2.45) is 5.92 Å². The third kappa shape index (κ3) is 3.75. The molecular formula is C21H28N2O2S. The quantitative estimate of drug-likeness (QED) is 0.809. The first-order valence-electron chi connectivity index (χ1n) is 9.60. The van der Waals surface area contributed by atoms with E-state index in [4.69, 9.17) is 4.74 Å². The van der Waals surface area contributed by atoms with Gasteiger partial charge in [-0.3, -0.25) is 0 Å². The van der Waals surface area contributed by atoms with Crippen LogP contribution in [-0.4, -0.2) is 37.5 Å². The molecule has 1 aromatic heterocycles. The van der Waals surface area contributed by atoms with E-state index in [0.29, 0.717) is 18.0 Å². The summed E-state index contributed by atoms with van der Waals surface area (Å²) in [5, 5.41) is 15.8. The summed E-state index contributed by atoms with van der Waals surface area (Å²) in [6, 6.07) is 13.6. The van der Waals surface area contributed by atoms with Crippen molar-refractivity contribution in [1.82, 2.24) is 5.32 Å². The molecule has 1 aromatic carbocycles. The van der Waals surface area contributed by atoms with Crippen molar-refractivity contribution in [3.63, 3.8) is 0 Å². The minimum Gasteiger partial charge on any atom is -0.495 e. The van der Waals surface area contributed by atoms with Gasteiger partial charge in [-0.1, -0.05) is 18.2 Å². The SMILES string of the molecule is COc1ccccc1N1CCC(N[C@H](c2cccs2)C2CC(O)C2)CC1. The van der Waals surface area contributed by atoms with Gasteiger partial charge in [0.2, 0.25) is 0 Å². The lowest BCUT2D eigenvalue weighted by Gasteiger charge is -2.41. The van der Waals surface area contributed by atoms with E-state index >= 15 is 0 Å². The number of piperidine rings is 1. The number of nitrogens with zero attached hydrogens (tertiary/aromatic N) is 1. The number of para-hydroxylation sites is 2. The second-order valence-corrected chi connectivity index (χ2v) is 8.46. The first kappa shape index (κ1) is 17.8. The summed E-state index contributed by atoms with van der Waals surface area (Å²) in [5.74, 6) is 1.52. The molecule has 1 aliphatic heterocycles. The Morgan fingerprint density at radius 1 is 1.15 bits per heavy atom. The van der Waals surface area contributed by atoms with Crippen LogP contribution >= 0.6 is 11.3 Å². The Hall–Kier alpha value is -1.56. The Labute approximate surface area is 159 Å². The number of hydrogen-bond donors (Lipinski definition) is 2. The van der Waals surface area contributed by atoms with Gasteiger partial charge in [-0.05, 0) is 55.2 Å². The topological polar surface area (TPSA) is 44.7 Å². The molecule has 140 valence electrons. The molecule has 5 heteroatoms. The third-order valence-electron chi connectivity index (χ3n) is 5.81. The molecule has 0 radical (unpaired) electrons. The molecule has 4 rings (SSSR count). The first-order valence-corrected chi connectivity index (χ1v) is 10.5. The summed E-state index contributed by atoms with van der Waals surface area (Å²) >= 11 is 1.83. The van der Waals surface area contributed by atoms with Crippen molar-refractivity contribution in [2.75, 3.05) is 25.1 Å². The lowest BCUT2D eigenvalue weighted by molar-refractivity contribution is 0.0218. The lowest BCUT2D eigenvalue weighted by Crippen LogP contribution is -2.47. The van der Waals surface area contributed by atoms with E-state index in [1.54, 1.807) is 7.11 Å². The van der Waals surface area contributed by atoms with Gasteiger partial charge in [0.15, 0.2) is 0 Å². The number of hydrogen-bond acceptors (Lipinski definition) is 5. The lowest BCUT2D eigenvalue weighted by atomic mass is 9.76. The Balaban J connectivity index is 1.38. The molecule has 2 aliphatic rings. The molecule has 1 aliphatic carbocycles. The highest BCUT2D eigenvalue weighted by Gasteiger charge is 2.36. The number of aliphatic hydroxyl groups excluding tert-OH is 1. The van der Waals surface area contributed by atoms with Gasteiger partial charge in [0.25, 0.3) is 0 Å². The highest BCUT2D eigenvalue weighted by atomic mass is 32.1. The van der Waals surface area contributed by atoms with Crippen molar-refractivity contribution in [3.8, 4) is 5.75 Å². The van der Waals surface area contributed by atoms with Crippen LogP contribution in [0.15, 0.2) is 41.8 Å². The molecule has 0 amide bonds. The van der Waals surface area contributed by atoms with Crippen molar-refractivity contribution in [3.05, 3.63) is 46.7 Å². The van der Waals surface area contributed by atoms with Crippen LogP contribution < -0.4 is 15.0 Å². The van der Waals surface area contributed by atoms with Crippen LogP contribution in [0.4, 0.5) is 5.69 Å². The highest BCUT2D eigenvalue weighted by molar-refractivity contribution is 7.10. The van der Waals surface area contributed by atoms with Crippen molar-refractivity contribution < 1.29 is 9.84 Å². The van der Waals surface area contributed by atoms with Gasteiger partial charge in [-0.15, -0.1) is 11.3 Å². The van der Waals surface area contributed by atoms with Gasteiger partial charge in [0.1, 0.15) is 5.75 Å². The summed E-state index contributed by atoms with van der Waals surface area (Å²) < 4.78 is 5.52. The fourth-order valence-corrected chi connectivity index (χ4v) is 5.13. The Morgan fingerprint density at radius 3 is 2.58 bits per heavy atom. The molecule has 4 nitrogen and oxygen atoms in total. The molecule has 0 unspecified atom stereocenters. The number of methoxy groups -OCH3 is 1. The molecule has 26 heavy (non-hydrogen) atoms. The predicted octanol–water partition coefficient (Wildman–Crippen LogP) is 3.83. The number of anilines is 1. The number of nitrogens with one attached hydrogen (secondary N) is 1. The summed E-state index contributed by atoms with van der Waals surface area (Å²) in [6.07, 6.45) is 4.02. The minimum atomic E-state index is -0.100. The highest BCUT2D eigenvalue weighted by Crippen LogP contribution is 2.40. The van der Waals surface area contributed by atoms with Gasteiger partial charge in [0, 0.05) is 30.1 Å². The standard InChI is InChI=1S/C21H28N2O2S/c1-25-19-6-3-2-5-18(19)23-10-8-16(9-11-23)22-21(15-13-17(24)14-15)20-7-4-12-26-20/h2-7,12,15-17,21-22,24H,8-11,13-14H2,1H3/t15?,17?,21-/m0/s1. The smallest absolute Gasteiger partial charge is 0.142 e. The molecule has 2 fully saturated rings. The van der Waals surface area contributed by atoms with Gasteiger partial charge in [-0.2, -0.15) is 0 Å². The molecule has 1 saturated carbocycles. The van der Waals surface area contributed by atoms with Gasteiger partial charge in [-0.25, -0.2) is 0 Å². The van der Waals surface area contributed by atoms with Crippen molar-refractivity contribution in [1.29, 1.82) is 0 Å². The van der Waals surface area contributed by atoms with Crippen LogP contribution in [-0.2, 0) is 0 Å². The maximum atomic E-state index is 9.74. The Kier molecular flexibility index (Phi) is 5.48. The number of rotatable bonds is 6. The van der Waals surface area contributed by atoms with E-state index in [1.165, 1.54) is 10.6 Å². The van der Waals surface area contributed by atoms with Crippen LogP contribution in [0, 0.1) is 5.92 Å². The van der Waals surface area contributed by atoms with E-state index in [9.17, 15) is 5.11 Å². The van der Waals surface area contributed by atoms with Crippen molar-refractivity contribution in [2.45, 2.75) is 43.9 Å². The number of thiophene rings is 1. The summed E-state index contributed by atoms with van der Waals surface area (Å²) in [4.78, 5) is 3.85. The zero-order chi connectivity index (χ0) is 17.9. The molecule has 1 atom stereocenters. The Bertz CT molecular complexity index is 692. The summed E-state index contributed by atoms with van der Waals surface area (Å²) in [7, 11) is 1.74. The number of ether oxygens (including phenoxy) is 1. The molecule has 0 bridgehead atoms. The molecule has 2 aromatic rings. The van der Waals surface area contributed by atoms with E-state index < -0.39 is 0 Å². The fourth-order valence-electron chi connectivity index (χ4n) is 4.25. The zero-order valence-electron chi connectivity index (χ0n) is 15.3. The van der Waals surface area contributed by atoms with Crippen LogP contribution in [0.2, 0.25) is 0 Å². The zero-order valence-corrected chi connectivity index (χ0v) is 16.1. The average Bonchev–Trinajstić information content (AvgIpc) is 3.19. The second-order valence-electron chi connectivity index (χ2n) is 7.48. The van der Waals surface area contributed by atoms with E-state index in [0.717, 1.165) is 44.5 Å². The summed E-state index contributed by atoms with van der Waals surface area (Å²) in [6.45, 7) is 2.09. The van der Waals surface area contributed by atoms with Crippen molar-refractivity contribution >= 4 is 17.0 Å². The number of aliphatic hydroxyl groups is 1. The van der Waals surface area contributed by atoms with E-state index in [-0.39, 0.29) is 6.10 Å². The second kappa shape index (κ2) is 7.99. The number of benzene rings is 1. The van der Waals surface area contributed by atoms with Gasteiger partial charge < -0.3 is 20.1 Å². The molecule has 2 N–H and O–H groups in total. The minimum absolute atomic E-state index is 0.100. The monoisotopic (exact) mass is 372 g/mol. The van der Waals surface area contributed by atoms with Gasteiger partial charge >= 0.3 is 0 Å². The Morgan fingerprint density at radius 2 is 1.92 bits per heavy atom. The third-order valence-corrected chi connectivity index (χ3v) is 6.76. The maximum absolute atomic E-state index is 9.74. The largest absolute Gasteiger partial charge is 0.495 e. The molecule has 2 heterocycles. The maximum Gasteiger partial charge on any atom is 0.142 e. The van der Waals surface area contributed by atoms with Crippen LogP contribution in [0.25, 0.3) is 0 Å². The molecule has 0 spiro atoms. The normalized spacial score (nSPS) is 24.9. The van der Waals surface area contributed by atoms with E-state index in [1.807, 2.05) is 23.5 Å². The van der Waals surface area contributed by atoms with Gasteiger partial charge in [0.05, 0.1) is 18.9 Å². The molecule has 1 saturated heterocycles. The summed E-state index contributed by atoms with van der Waals surface area (Å²) in [5.41, 5.74) is 1.20. The fraction of sp³-hybridized carbons (Fsp3) is 0.524.